The molecule has 3 N–H and O–H groups in total. The van der Waals surface area contributed by atoms with Crippen LogP contribution >= 0.6 is 0 Å². The van der Waals surface area contributed by atoms with Crippen LogP contribution in [0.1, 0.15) is 10.4 Å². The Morgan fingerprint density at radius 2 is 2.14 bits per heavy atom. The lowest BCUT2D eigenvalue weighted by atomic mass is 10.1. The maximum absolute atomic E-state index is 11.2. The molecule has 0 atom stereocenters. The predicted octanol–water partition coefficient (Wildman–Crippen LogP) is 1.41. The number of amides is 3. The van der Waals surface area contributed by atoms with Crippen molar-refractivity contribution in [3.63, 3.8) is 0 Å². The molecule has 1 aromatic carbocycles. The molecule has 6 nitrogen and oxygen atoms in total. The van der Waals surface area contributed by atoms with Crippen LogP contribution in [0.2, 0.25) is 0 Å². The number of hydrogen-bond acceptors (Lipinski definition) is 3. The third kappa shape index (κ3) is 1.22. The highest BCUT2D eigenvalue weighted by Crippen LogP contribution is 2.32. The van der Waals surface area contributed by atoms with Crippen LogP contribution in [0.25, 0.3) is 0 Å². The van der Waals surface area contributed by atoms with Crippen LogP contribution in [0.4, 0.5) is 16.2 Å². The summed E-state index contributed by atoms with van der Waals surface area (Å²) >= 11 is 0. The quantitative estimate of drug-likeness (QED) is 0.700. The van der Waals surface area contributed by atoms with Gasteiger partial charge in [-0.3, -0.25) is 4.79 Å². The number of carbonyl (C=O) groups is 2. The van der Waals surface area contributed by atoms with Gasteiger partial charge in [0.05, 0.1) is 11.3 Å². The fourth-order valence-corrected chi connectivity index (χ4v) is 1.23. The van der Waals surface area contributed by atoms with Crippen LogP contribution < -0.4 is 11.1 Å². The van der Waals surface area contributed by atoms with Crippen LogP contribution in [-0.2, 0) is 0 Å². The molecule has 1 aliphatic rings. The van der Waals surface area contributed by atoms with E-state index in [1.54, 1.807) is 18.2 Å². The number of urea groups is 1. The molecule has 6 heteroatoms. The van der Waals surface area contributed by atoms with Crippen LogP contribution in [0.3, 0.4) is 0 Å². The maximum Gasteiger partial charge on any atom is 0.316 e. The monoisotopic (exact) mass is 190 g/mol. The standard InChI is InChI=1S/C8H6N4O2/c9-8(14)10-4-2-1-3-5-6(4)7(13)12-11-5/h1-3H,(H3,9,10,14). The topological polar surface area (TPSA) is 96.9 Å². The third-order valence-corrected chi connectivity index (χ3v) is 1.76. The van der Waals surface area contributed by atoms with Gasteiger partial charge in [-0.15, -0.1) is 10.2 Å². The molecule has 1 aromatic rings. The lowest BCUT2D eigenvalue weighted by Crippen LogP contribution is -2.20. The molecule has 0 fully saturated rings. The Hall–Kier alpha value is -2.24. The Bertz CT molecular complexity index is 453. The SMILES string of the molecule is NC(=O)Nc1cccc2c1C(=O)N=N2. The van der Waals surface area contributed by atoms with Gasteiger partial charge < -0.3 is 11.1 Å². The molecule has 0 saturated carbocycles. The van der Waals surface area contributed by atoms with E-state index < -0.39 is 11.9 Å². The summed E-state index contributed by atoms with van der Waals surface area (Å²) in [6, 6.07) is 4.13. The van der Waals surface area contributed by atoms with E-state index in [2.05, 4.69) is 15.5 Å². The number of azo groups is 1. The number of fused-ring (bicyclic) bond motifs is 1. The van der Waals surface area contributed by atoms with E-state index in [0.717, 1.165) is 0 Å². The van der Waals surface area contributed by atoms with E-state index in [9.17, 15) is 9.59 Å². The van der Waals surface area contributed by atoms with Crippen molar-refractivity contribution in [1.29, 1.82) is 0 Å². The summed E-state index contributed by atoms with van der Waals surface area (Å²) in [5.74, 6) is -0.468. The molecule has 0 aromatic heterocycles. The molecule has 14 heavy (non-hydrogen) atoms. The zero-order valence-electron chi connectivity index (χ0n) is 7.02. The van der Waals surface area contributed by atoms with E-state index in [4.69, 9.17) is 5.73 Å². The van der Waals surface area contributed by atoms with Crippen molar-refractivity contribution >= 4 is 23.3 Å². The second kappa shape index (κ2) is 2.91. The minimum absolute atomic E-state index is 0.284. The van der Waals surface area contributed by atoms with E-state index in [-0.39, 0.29) is 5.56 Å². The van der Waals surface area contributed by atoms with Gasteiger partial charge in [-0.25, -0.2) is 4.79 Å². The summed E-state index contributed by atoms with van der Waals surface area (Å²) < 4.78 is 0. The summed E-state index contributed by atoms with van der Waals surface area (Å²) in [6.45, 7) is 0. The summed E-state index contributed by atoms with van der Waals surface area (Å²) in [5.41, 5.74) is 6.01. The summed E-state index contributed by atoms with van der Waals surface area (Å²) in [5, 5.41) is 9.33. The highest BCUT2D eigenvalue weighted by Gasteiger charge is 2.21. The van der Waals surface area contributed by atoms with Gasteiger partial charge in [0.25, 0.3) is 5.91 Å². The minimum Gasteiger partial charge on any atom is -0.351 e. The van der Waals surface area contributed by atoms with Crippen molar-refractivity contribution in [1.82, 2.24) is 0 Å². The van der Waals surface area contributed by atoms with Gasteiger partial charge in [-0.1, -0.05) is 6.07 Å². The van der Waals surface area contributed by atoms with Gasteiger partial charge in [-0.05, 0) is 12.1 Å². The van der Waals surface area contributed by atoms with Gasteiger partial charge in [0.15, 0.2) is 0 Å². The highest BCUT2D eigenvalue weighted by molar-refractivity contribution is 6.09. The number of anilines is 1. The van der Waals surface area contributed by atoms with Gasteiger partial charge >= 0.3 is 6.03 Å². The molecule has 0 bridgehead atoms. The molecule has 0 saturated heterocycles. The van der Waals surface area contributed by atoms with Gasteiger partial charge in [0, 0.05) is 0 Å². The Labute approximate surface area is 78.8 Å². The number of nitrogens with two attached hydrogens (primary N) is 1. The number of nitrogens with zero attached hydrogens (tertiary/aromatic N) is 2. The lowest BCUT2D eigenvalue weighted by Gasteiger charge is -2.04. The minimum atomic E-state index is -0.724. The Morgan fingerprint density at radius 1 is 1.36 bits per heavy atom. The van der Waals surface area contributed by atoms with Gasteiger partial charge in [-0.2, -0.15) is 0 Å². The number of primary amides is 1. The zero-order valence-corrected chi connectivity index (χ0v) is 7.02. The normalized spacial score (nSPS) is 12.7. The lowest BCUT2D eigenvalue weighted by molar-refractivity contribution is 0.100. The highest BCUT2D eigenvalue weighted by atomic mass is 16.2. The Balaban J connectivity index is 2.49. The van der Waals surface area contributed by atoms with Crippen molar-refractivity contribution in [2.75, 3.05) is 5.32 Å². The van der Waals surface area contributed by atoms with Crippen molar-refractivity contribution < 1.29 is 9.59 Å². The first-order chi connectivity index (χ1) is 6.68. The van der Waals surface area contributed by atoms with Crippen LogP contribution in [0.15, 0.2) is 28.4 Å². The smallest absolute Gasteiger partial charge is 0.316 e. The summed E-state index contributed by atoms with van der Waals surface area (Å²) in [4.78, 5) is 21.8. The van der Waals surface area contributed by atoms with Gasteiger partial charge in [0.1, 0.15) is 5.69 Å². The summed E-state index contributed by atoms with van der Waals surface area (Å²) in [6.07, 6.45) is 0. The van der Waals surface area contributed by atoms with Crippen molar-refractivity contribution in [3.05, 3.63) is 23.8 Å². The van der Waals surface area contributed by atoms with Crippen molar-refractivity contribution in [3.8, 4) is 0 Å². The number of benzene rings is 1. The fourth-order valence-electron chi connectivity index (χ4n) is 1.23. The van der Waals surface area contributed by atoms with Crippen LogP contribution in [0, 0.1) is 0 Å². The Kier molecular flexibility index (Phi) is 1.74. The van der Waals surface area contributed by atoms with Crippen LogP contribution in [0.5, 0.6) is 0 Å². The molecule has 1 aliphatic heterocycles. The molecule has 0 radical (unpaired) electrons. The average Bonchev–Trinajstić information content (AvgIpc) is 2.48. The molecule has 3 amide bonds. The molecular weight excluding hydrogens is 184 g/mol. The maximum atomic E-state index is 11.2. The molecule has 70 valence electrons. The molecule has 2 rings (SSSR count). The zero-order chi connectivity index (χ0) is 10.1. The third-order valence-electron chi connectivity index (χ3n) is 1.76. The number of carbonyl (C=O) groups excluding carboxylic acids is 2. The first kappa shape index (κ1) is 8.36. The molecule has 0 unspecified atom stereocenters. The first-order valence-corrected chi connectivity index (χ1v) is 3.84. The van der Waals surface area contributed by atoms with Crippen molar-refractivity contribution in [2.45, 2.75) is 0 Å². The van der Waals surface area contributed by atoms with E-state index in [0.29, 0.717) is 11.4 Å². The van der Waals surface area contributed by atoms with E-state index >= 15 is 0 Å². The first-order valence-electron chi connectivity index (χ1n) is 3.84. The molecule has 0 aliphatic carbocycles. The number of rotatable bonds is 1. The number of nitrogens with one attached hydrogen (secondary N) is 1. The summed E-state index contributed by atoms with van der Waals surface area (Å²) in [7, 11) is 0. The van der Waals surface area contributed by atoms with E-state index in [1.165, 1.54) is 0 Å². The second-order valence-electron chi connectivity index (χ2n) is 2.69. The second-order valence-corrected chi connectivity index (χ2v) is 2.69. The fraction of sp³-hybridized carbons (Fsp3) is 0. The molecule has 0 spiro atoms. The molecule has 1 heterocycles. The predicted molar refractivity (Wildman–Crippen MR) is 48.5 cm³/mol. The van der Waals surface area contributed by atoms with E-state index in [1.807, 2.05) is 0 Å². The number of hydrogen-bond donors (Lipinski definition) is 2. The largest absolute Gasteiger partial charge is 0.351 e. The Morgan fingerprint density at radius 3 is 2.86 bits per heavy atom. The molecular formula is C8H6N4O2. The average molecular weight is 190 g/mol. The van der Waals surface area contributed by atoms with Crippen LogP contribution in [-0.4, -0.2) is 11.9 Å². The van der Waals surface area contributed by atoms with Crippen molar-refractivity contribution in [2.24, 2.45) is 16.0 Å². The van der Waals surface area contributed by atoms with Gasteiger partial charge in [0.2, 0.25) is 0 Å².